The van der Waals surface area contributed by atoms with E-state index in [1.54, 1.807) is 0 Å². The van der Waals surface area contributed by atoms with Gasteiger partial charge in [-0.25, -0.2) is 4.57 Å². The van der Waals surface area contributed by atoms with Crippen LogP contribution in [0.1, 0.15) is 5.56 Å². The van der Waals surface area contributed by atoms with Crippen molar-refractivity contribution in [2.24, 2.45) is 7.05 Å². The highest BCUT2D eigenvalue weighted by molar-refractivity contribution is 5.80. The summed E-state index contributed by atoms with van der Waals surface area (Å²) in [6, 6.07) is 26.9. The van der Waals surface area contributed by atoms with Crippen molar-refractivity contribution in [1.82, 2.24) is 4.57 Å². The van der Waals surface area contributed by atoms with E-state index in [-0.39, 0.29) is 24.0 Å². The van der Waals surface area contributed by atoms with Crippen molar-refractivity contribution >= 4 is 11.0 Å². The summed E-state index contributed by atoms with van der Waals surface area (Å²) in [4.78, 5) is 0. The lowest BCUT2D eigenvalue weighted by Crippen LogP contribution is -3.00. The predicted molar refractivity (Wildman–Crippen MR) is 94.6 cm³/mol. The fourth-order valence-corrected chi connectivity index (χ4v) is 3.15. The van der Waals surface area contributed by atoms with E-state index in [1.807, 2.05) is 54.3 Å². The first-order valence-electron chi connectivity index (χ1n) is 7.83. The molecule has 3 aromatic carbocycles. The number of aryl methyl sites for hydroxylation is 1. The number of imidazole rings is 1. The average molecular weight is 437 g/mol. The van der Waals surface area contributed by atoms with E-state index < -0.39 is 0 Å². The molecule has 0 atom stereocenters. The van der Waals surface area contributed by atoms with Gasteiger partial charge in [-0.05, 0) is 35.4 Å². The molecular weight excluding hydrogens is 421 g/mol. The average Bonchev–Trinajstić information content (AvgIpc) is 3.00. The monoisotopic (exact) mass is 437 g/mol. The molecule has 0 bridgehead atoms. The Morgan fingerprint density at radius 1 is 0.880 bits per heavy atom. The molecule has 3 nitrogen and oxygen atoms in total. The molecule has 122 valence electrons. The van der Waals surface area contributed by atoms with Gasteiger partial charge in [-0.3, -0.25) is 0 Å². The van der Waals surface area contributed by atoms with E-state index in [0.29, 0.717) is 5.56 Å². The molecule has 4 rings (SSSR count). The lowest BCUT2D eigenvalue weighted by atomic mass is 10.1. The maximum Gasteiger partial charge on any atom is 0.249 e. The minimum atomic E-state index is 0. The van der Waals surface area contributed by atoms with Gasteiger partial charge in [-0.15, -0.1) is 0 Å². The summed E-state index contributed by atoms with van der Waals surface area (Å²) in [6.07, 6.45) is 2.02. The molecule has 0 aliphatic rings. The lowest BCUT2D eigenvalue weighted by Gasteiger charge is -2.03. The van der Waals surface area contributed by atoms with Gasteiger partial charge in [0.2, 0.25) is 6.33 Å². The van der Waals surface area contributed by atoms with Crippen LogP contribution in [0.3, 0.4) is 0 Å². The zero-order valence-corrected chi connectivity index (χ0v) is 15.9. The van der Waals surface area contributed by atoms with Crippen LogP contribution in [0, 0.1) is 11.3 Å². The van der Waals surface area contributed by atoms with E-state index >= 15 is 0 Å². The zero-order valence-electron chi connectivity index (χ0n) is 13.7. The second kappa shape index (κ2) is 7.08. The number of halogens is 1. The summed E-state index contributed by atoms with van der Waals surface area (Å²) < 4.78 is 4.13. The maximum atomic E-state index is 9.36. The van der Waals surface area contributed by atoms with E-state index in [1.165, 1.54) is 11.1 Å². The van der Waals surface area contributed by atoms with E-state index in [4.69, 9.17) is 0 Å². The van der Waals surface area contributed by atoms with Gasteiger partial charge >= 0.3 is 0 Å². The highest BCUT2D eigenvalue weighted by Gasteiger charge is 2.18. The fourth-order valence-electron chi connectivity index (χ4n) is 3.15. The van der Waals surface area contributed by atoms with Crippen LogP contribution in [-0.4, -0.2) is 4.57 Å². The van der Waals surface area contributed by atoms with Gasteiger partial charge in [-0.2, -0.15) is 9.83 Å². The molecule has 0 amide bonds. The van der Waals surface area contributed by atoms with E-state index in [2.05, 4.69) is 47.0 Å². The number of nitrogens with zero attached hydrogens (tertiary/aromatic N) is 3. The summed E-state index contributed by atoms with van der Waals surface area (Å²) in [5, 5.41) is 9.36. The van der Waals surface area contributed by atoms with E-state index in [0.717, 1.165) is 16.7 Å². The quantitative estimate of drug-likeness (QED) is 0.340. The van der Waals surface area contributed by atoms with Gasteiger partial charge in [0, 0.05) is 0 Å². The first kappa shape index (κ1) is 17.2. The molecule has 1 aromatic heterocycles. The molecule has 0 fully saturated rings. The van der Waals surface area contributed by atoms with Gasteiger partial charge < -0.3 is 24.0 Å². The number of nitriles is 1. The topological polar surface area (TPSA) is 32.6 Å². The largest absolute Gasteiger partial charge is 1.00 e. The molecule has 0 aliphatic heterocycles. The third kappa shape index (κ3) is 3.03. The van der Waals surface area contributed by atoms with Crippen LogP contribution >= 0.6 is 0 Å². The summed E-state index contributed by atoms with van der Waals surface area (Å²) in [6.45, 7) is 0. The van der Waals surface area contributed by atoms with Crippen molar-refractivity contribution in [3.63, 3.8) is 0 Å². The SMILES string of the molecule is C[n+]1cn(-c2cccc(-c3ccccc3)c2)c2cccc(C#N)c21.[I-]. The Balaban J connectivity index is 0.00000182. The number of para-hydroxylation sites is 1. The van der Waals surface area contributed by atoms with Gasteiger partial charge in [0.15, 0.2) is 11.0 Å². The minimum Gasteiger partial charge on any atom is -1.00 e. The number of fused-ring (bicyclic) bond motifs is 1. The molecule has 25 heavy (non-hydrogen) atoms. The zero-order chi connectivity index (χ0) is 16.5. The molecule has 0 spiro atoms. The molecule has 0 aliphatic carbocycles. The molecule has 4 heteroatoms. The standard InChI is InChI=1S/C21H16N3.HI/c1-23-15-24(20-12-6-10-18(14-22)21(20)23)19-11-5-9-17(13-19)16-7-3-2-4-8-16;/h2-13,15H,1H3;1H/q+1;/p-1. The van der Waals surface area contributed by atoms with Gasteiger partial charge in [-0.1, -0.05) is 48.5 Å². The second-order valence-electron chi connectivity index (χ2n) is 5.80. The maximum absolute atomic E-state index is 9.36. The number of rotatable bonds is 2. The number of benzene rings is 3. The van der Waals surface area contributed by atoms with Gasteiger partial charge in [0.1, 0.15) is 17.3 Å². The smallest absolute Gasteiger partial charge is 0.249 e. The molecule has 4 aromatic rings. The van der Waals surface area contributed by atoms with Crippen LogP contribution in [0.5, 0.6) is 0 Å². The summed E-state index contributed by atoms with van der Waals surface area (Å²) in [7, 11) is 1.97. The first-order chi connectivity index (χ1) is 11.8. The summed E-state index contributed by atoms with van der Waals surface area (Å²) >= 11 is 0. The Hall–Kier alpha value is -2.65. The molecule has 0 unspecified atom stereocenters. The number of aromatic nitrogens is 2. The van der Waals surface area contributed by atoms with Crippen LogP contribution in [-0.2, 0) is 7.05 Å². The molecular formula is C21H16IN3. The lowest BCUT2D eigenvalue weighted by molar-refractivity contribution is -0.645. The van der Waals surface area contributed by atoms with Crippen molar-refractivity contribution in [2.75, 3.05) is 0 Å². The van der Waals surface area contributed by atoms with Crippen molar-refractivity contribution < 1.29 is 28.5 Å². The van der Waals surface area contributed by atoms with Crippen molar-refractivity contribution in [1.29, 1.82) is 5.26 Å². The van der Waals surface area contributed by atoms with Gasteiger partial charge in [0.25, 0.3) is 0 Å². The van der Waals surface area contributed by atoms with Crippen LogP contribution in [0.4, 0.5) is 0 Å². The van der Waals surface area contributed by atoms with Crippen LogP contribution in [0.25, 0.3) is 27.8 Å². The third-order valence-corrected chi connectivity index (χ3v) is 4.27. The minimum absolute atomic E-state index is 0. The van der Waals surface area contributed by atoms with Crippen LogP contribution in [0.2, 0.25) is 0 Å². The molecule has 1 heterocycles. The fraction of sp³-hybridized carbons (Fsp3) is 0.0476. The van der Waals surface area contributed by atoms with E-state index in [9.17, 15) is 5.26 Å². The second-order valence-corrected chi connectivity index (χ2v) is 5.80. The van der Waals surface area contributed by atoms with Crippen molar-refractivity contribution in [3.05, 3.63) is 84.7 Å². The van der Waals surface area contributed by atoms with Crippen LogP contribution < -0.4 is 28.5 Å². The summed E-state index contributed by atoms with van der Waals surface area (Å²) in [5.74, 6) is 0. The molecule has 0 radical (unpaired) electrons. The summed E-state index contributed by atoms with van der Waals surface area (Å²) in [5.41, 5.74) is 6.11. The van der Waals surface area contributed by atoms with Crippen molar-refractivity contribution in [2.45, 2.75) is 0 Å². The van der Waals surface area contributed by atoms with Gasteiger partial charge in [0.05, 0.1) is 7.05 Å². The van der Waals surface area contributed by atoms with Crippen molar-refractivity contribution in [3.8, 4) is 22.9 Å². The molecule has 0 saturated carbocycles. The Morgan fingerprint density at radius 3 is 2.36 bits per heavy atom. The predicted octanol–water partition coefficient (Wildman–Crippen LogP) is 0.998. The highest BCUT2D eigenvalue weighted by atomic mass is 127. The van der Waals surface area contributed by atoms with Crippen LogP contribution in [0.15, 0.2) is 79.1 Å². The normalized spacial score (nSPS) is 10.2. The highest BCUT2D eigenvalue weighted by Crippen LogP contribution is 2.24. The number of hydrogen-bond donors (Lipinski definition) is 0. The Bertz CT molecular complexity index is 1080. The Kier molecular flexibility index (Phi) is 4.86. The first-order valence-corrected chi connectivity index (χ1v) is 7.83. The molecule has 0 saturated heterocycles. The third-order valence-electron chi connectivity index (χ3n) is 4.27. The number of hydrogen-bond acceptors (Lipinski definition) is 1. The Labute approximate surface area is 163 Å². The molecule has 0 N–H and O–H groups in total. The Morgan fingerprint density at radius 2 is 1.60 bits per heavy atom.